The summed E-state index contributed by atoms with van der Waals surface area (Å²) in [6.45, 7) is 0.308. The molecule has 3 N–H and O–H groups in total. The molecule has 0 unspecified atom stereocenters. The summed E-state index contributed by atoms with van der Waals surface area (Å²) in [6, 6.07) is 5.28. The lowest BCUT2D eigenvalue weighted by atomic mass is 9.96. The Morgan fingerprint density at radius 2 is 1.67 bits per heavy atom. The van der Waals surface area contributed by atoms with Crippen molar-refractivity contribution >= 4 is 45.1 Å². The summed E-state index contributed by atoms with van der Waals surface area (Å²) >= 11 is 12.7. The highest BCUT2D eigenvalue weighted by Crippen LogP contribution is 2.39. The molecule has 0 spiro atoms. The van der Waals surface area contributed by atoms with Crippen molar-refractivity contribution in [2.45, 2.75) is 61.9 Å². The minimum absolute atomic E-state index is 0.0135. The largest absolute Gasteiger partial charge is 0.507 e. The third-order valence-electron chi connectivity index (χ3n) is 6.41. The molecule has 2 aromatic rings. The van der Waals surface area contributed by atoms with Gasteiger partial charge in [0.1, 0.15) is 22.4 Å². The van der Waals surface area contributed by atoms with E-state index in [0.29, 0.717) is 19.4 Å². The Morgan fingerprint density at radius 1 is 1.00 bits per heavy atom. The molecule has 0 radical (unpaired) electrons. The number of aliphatic carboxylic acids is 1. The van der Waals surface area contributed by atoms with Crippen molar-refractivity contribution in [1.29, 1.82) is 0 Å². The van der Waals surface area contributed by atoms with E-state index in [1.54, 1.807) is 0 Å². The maximum atomic E-state index is 12.9. The molecule has 1 aliphatic heterocycles. The first-order chi connectivity index (χ1) is 17.1. The van der Waals surface area contributed by atoms with Gasteiger partial charge in [-0.3, -0.25) is 4.79 Å². The van der Waals surface area contributed by atoms with Gasteiger partial charge in [0.15, 0.2) is 5.75 Å². The number of phenols is 1. The standard InChI is InChI=1S/C24H26Cl2N2O7S/c25-17-11-14(23(30)28-10-4-7-19(28)24(31)32)12-18(26)22(17)35-16-8-9-20(29)21(13-16)36(33,34)27-15-5-2-1-3-6-15/h8-9,11-13,15,19,27,29H,1-7,10H2,(H,31,32)/t19-/m0/s1. The lowest BCUT2D eigenvalue weighted by Gasteiger charge is -2.23. The number of ether oxygens (including phenoxy) is 1. The van der Waals surface area contributed by atoms with E-state index in [2.05, 4.69) is 4.72 Å². The molecule has 1 saturated heterocycles. The number of carbonyl (C=O) groups excluding carboxylic acids is 1. The molecule has 12 heteroatoms. The average molecular weight is 557 g/mol. The quantitative estimate of drug-likeness (QED) is 0.446. The van der Waals surface area contributed by atoms with Crippen LogP contribution in [0.4, 0.5) is 0 Å². The third kappa shape index (κ3) is 5.72. The van der Waals surface area contributed by atoms with Gasteiger partial charge >= 0.3 is 5.97 Å². The molecule has 1 atom stereocenters. The minimum atomic E-state index is -4.01. The normalized spacial score (nSPS) is 18.8. The zero-order valence-electron chi connectivity index (χ0n) is 19.2. The molecule has 2 aromatic carbocycles. The van der Waals surface area contributed by atoms with Gasteiger partial charge in [0, 0.05) is 24.2 Å². The Kier molecular flexibility index (Phi) is 7.99. The number of aromatic hydroxyl groups is 1. The van der Waals surface area contributed by atoms with Crippen molar-refractivity contribution < 1.29 is 33.0 Å². The van der Waals surface area contributed by atoms with Gasteiger partial charge in [0.05, 0.1) is 10.0 Å². The molecule has 0 bridgehead atoms. The first-order valence-electron chi connectivity index (χ1n) is 11.6. The number of carbonyl (C=O) groups is 2. The summed E-state index contributed by atoms with van der Waals surface area (Å²) in [4.78, 5) is 25.3. The number of phenolic OH excluding ortho intramolecular Hbond substituents is 1. The Labute approximate surface area is 219 Å². The smallest absolute Gasteiger partial charge is 0.326 e. The van der Waals surface area contributed by atoms with Crippen LogP contribution in [-0.2, 0) is 14.8 Å². The first kappa shape index (κ1) is 26.5. The lowest BCUT2D eigenvalue weighted by molar-refractivity contribution is -0.141. The summed E-state index contributed by atoms with van der Waals surface area (Å²) in [5.74, 6) is -1.97. The van der Waals surface area contributed by atoms with Gasteiger partial charge in [-0.1, -0.05) is 42.5 Å². The van der Waals surface area contributed by atoms with Crippen LogP contribution in [0.3, 0.4) is 0 Å². The number of nitrogens with one attached hydrogen (secondary N) is 1. The van der Waals surface area contributed by atoms with Gasteiger partial charge in [0.25, 0.3) is 5.91 Å². The first-order valence-corrected chi connectivity index (χ1v) is 13.9. The molecule has 36 heavy (non-hydrogen) atoms. The Balaban J connectivity index is 1.56. The van der Waals surface area contributed by atoms with Crippen LogP contribution in [0.2, 0.25) is 10.0 Å². The number of amides is 1. The SMILES string of the molecule is O=C(O)[C@@H]1CCCN1C(=O)c1cc(Cl)c(Oc2ccc(O)c(S(=O)(=O)NC3CCCCC3)c2)c(Cl)c1. The van der Waals surface area contributed by atoms with Crippen molar-refractivity contribution in [2.75, 3.05) is 6.54 Å². The molecule has 4 rings (SSSR count). The molecule has 1 saturated carbocycles. The molecule has 194 valence electrons. The van der Waals surface area contributed by atoms with Gasteiger partial charge in [-0.25, -0.2) is 17.9 Å². The van der Waals surface area contributed by atoms with Crippen LogP contribution in [0.25, 0.3) is 0 Å². The Bertz CT molecular complexity index is 1260. The Morgan fingerprint density at radius 3 is 2.31 bits per heavy atom. The molecule has 2 aliphatic rings. The third-order valence-corrected chi connectivity index (χ3v) is 8.52. The lowest BCUT2D eigenvalue weighted by Crippen LogP contribution is -2.40. The second-order valence-corrected chi connectivity index (χ2v) is 11.4. The van der Waals surface area contributed by atoms with E-state index in [1.807, 2.05) is 0 Å². The number of rotatable bonds is 7. The summed E-state index contributed by atoms with van der Waals surface area (Å²) < 4.78 is 34.2. The van der Waals surface area contributed by atoms with Gasteiger partial charge in [-0.05, 0) is 49.9 Å². The fourth-order valence-corrected chi connectivity index (χ4v) is 6.59. The van der Waals surface area contributed by atoms with Crippen LogP contribution in [0.15, 0.2) is 35.2 Å². The van der Waals surface area contributed by atoms with Crippen molar-refractivity contribution in [2.24, 2.45) is 0 Å². The fourth-order valence-electron chi connectivity index (χ4n) is 4.61. The van der Waals surface area contributed by atoms with Gasteiger partial charge in [0.2, 0.25) is 10.0 Å². The molecule has 9 nitrogen and oxygen atoms in total. The van der Waals surface area contributed by atoms with Gasteiger partial charge in [-0.15, -0.1) is 0 Å². The molecule has 1 heterocycles. The van der Waals surface area contributed by atoms with Crippen molar-refractivity contribution in [1.82, 2.24) is 9.62 Å². The molecule has 2 fully saturated rings. The van der Waals surface area contributed by atoms with Crippen LogP contribution in [0.1, 0.15) is 55.3 Å². The summed E-state index contributed by atoms with van der Waals surface area (Å²) in [6.07, 6.45) is 5.35. The molecular weight excluding hydrogens is 531 g/mol. The van der Waals surface area contributed by atoms with E-state index < -0.39 is 33.7 Å². The predicted molar refractivity (Wildman–Crippen MR) is 134 cm³/mol. The van der Waals surface area contributed by atoms with E-state index in [0.717, 1.165) is 32.1 Å². The van der Waals surface area contributed by atoms with E-state index >= 15 is 0 Å². The van der Waals surface area contributed by atoms with E-state index in [9.17, 15) is 28.2 Å². The molecule has 0 aromatic heterocycles. The second kappa shape index (κ2) is 10.8. The van der Waals surface area contributed by atoms with E-state index in [-0.39, 0.29) is 38.0 Å². The molecule has 1 aliphatic carbocycles. The highest BCUT2D eigenvalue weighted by Gasteiger charge is 2.35. The van der Waals surface area contributed by atoms with Crippen LogP contribution in [-0.4, -0.2) is 54.0 Å². The number of hydrogen-bond acceptors (Lipinski definition) is 6. The number of hydrogen-bond donors (Lipinski definition) is 3. The van der Waals surface area contributed by atoms with Crippen molar-refractivity contribution in [3.63, 3.8) is 0 Å². The summed E-state index contributed by atoms with van der Waals surface area (Å²) in [5.41, 5.74) is 0.108. The number of halogens is 2. The highest BCUT2D eigenvalue weighted by atomic mass is 35.5. The fraction of sp³-hybridized carbons (Fsp3) is 0.417. The number of nitrogens with zero attached hydrogens (tertiary/aromatic N) is 1. The number of carboxylic acid groups (broad SMARTS) is 1. The Hall–Kier alpha value is -2.53. The van der Waals surface area contributed by atoms with Crippen LogP contribution >= 0.6 is 23.2 Å². The molecule has 1 amide bonds. The second-order valence-electron chi connectivity index (χ2n) is 8.95. The number of carboxylic acids is 1. The minimum Gasteiger partial charge on any atom is -0.507 e. The van der Waals surface area contributed by atoms with Gasteiger partial charge in [-0.2, -0.15) is 0 Å². The highest BCUT2D eigenvalue weighted by molar-refractivity contribution is 7.89. The average Bonchev–Trinajstić information content (AvgIpc) is 3.32. The number of sulfonamides is 1. The molecular formula is C24H26Cl2N2O7S. The zero-order valence-corrected chi connectivity index (χ0v) is 21.6. The topological polar surface area (TPSA) is 133 Å². The maximum absolute atomic E-state index is 12.9. The van der Waals surface area contributed by atoms with Crippen LogP contribution in [0.5, 0.6) is 17.2 Å². The van der Waals surface area contributed by atoms with E-state index in [4.69, 9.17) is 27.9 Å². The number of likely N-dealkylation sites (tertiary alicyclic amines) is 1. The summed E-state index contributed by atoms with van der Waals surface area (Å²) in [7, 11) is -4.01. The summed E-state index contributed by atoms with van der Waals surface area (Å²) in [5, 5.41) is 19.5. The van der Waals surface area contributed by atoms with Crippen molar-refractivity contribution in [3.05, 3.63) is 45.9 Å². The van der Waals surface area contributed by atoms with Crippen LogP contribution < -0.4 is 9.46 Å². The zero-order chi connectivity index (χ0) is 26.0. The van der Waals surface area contributed by atoms with Crippen LogP contribution in [0, 0.1) is 0 Å². The van der Waals surface area contributed by atoms with Crippen molar-refractivity contribution in [3.8, 4) is 17.2 Å². The monoisotopic (exact) mass is 556 g/mol. The van der Waals surface area contributed by atoms with Gasteiger partial charge < -0.3 is 19.8 Å². The maximum Gasteiger partial charge on any atom is 0.326 e. The number of benzene rings is 2. The predicted octanol–water partition coefficient (Wildman–Crippen LogP) is 4.79. The van der Waals surface area contributed by atoms with E-state index in [1.165, 1.54) is 35.2 Å².